The number of rotatable bonds is 9. The SMILES string of the molecule is CCNCC(=O)NCCCOCc1ccco1. The Morgan fingerprint density at radius 3 is 3.12 bits per heavy atom. The van der Waals surface area contributed by atoms with Gasteiger partial charge < -0.3 is 19.8 Å². The van der Waals surface area contributed by atoms with Crippen molar-refractivity contribution in [3.63, 3.8) is 0 Å². The van der Waals surface area contributed by atoms with Gasteiger partial charge in [0.15, 0.2) is 0 Å². The molecular weight excluding hydrogens is 220 g/mol. The lowest BCUT2D eigenvalue weighted by Gasteiger charge is -2.05. The zero-order chi connectivity index (χ0) is 12.3. The van der Waals surface area contributed by atoms with E-state index in [0.717, 1.165) is 18.7 Å². The van der Waals surface area contributed by atoms with Gasteiger partial charge in [-0.05, 0) is 25.1 Å². The Morgan fingerprint density at radius 2 is 2.41 bits per heavy atom. The predicted octanol–water partition coefficient (Wildman–Crippen LogP) is 0.912. The summed E-state index contributed by atoms with van der Waals surface area (Å²) in [6.07, 6.45) is 2.43. The maximum atomic E-state index is 11.2. The largest absolute Gasteiger partial charge is 0.467 e. The van der Waals surface area contributed by atoms with Gasteiger partial charge >= 0.3 is 0 Å². The number of nitrogens with one attached hydrogen (secondary N) is 2. The number of furan rings is 1. The van der Waals surface area contributed by atoms with Crippen LogP contribution in [-0.2, 0) is 16.1 Å². The van der Waals surface area contributed by atoms with Crippen LogP contribution in [0.3, 0.4) is 0 Å². The lowest BCUT2D eigenvalue weighted by Crippen LogP contribution is -2.34. The quantitative estimate of drug-likeness (QED) is 0.630. The van der Waals surface area contributed by atoms with E-state index in [1.54, 1.807) is 6.26 Å². The first-order chi connectivity index (χ1) is 8.33. The summed E-state index contributed by atoms with van der Waals surface area (Å²) in [7, 11) is 0. The molecule has 0 aliphatic rings. The van der Waals surface area contributed by atoms with Crippen LogP contribution in [0.4, 0.5) is 0 Å². The van der Waals surface area contributed by atoms with E-state index >= 15 is 0 Å². The number of likely N-dealkylation sites (N-methyl/N-ethyl adjacent to an activating group) is 1. The third-order valence-electron chi connectivity index (χ3n) is 2.15. The number of carbonyl (C=O) groups is 1. The molecular formula is C12H20N2O3. The molecule has 1 amide bonds. The fraction of sp³-hybridized carbons (Fsp3) is 0.583. The summed E-state index contributed by atoms with van der Waals surface area (Å²) in [4.78, 5) is 11.2. The van der Waals surface area contributed by atoms with E-state index in [4.69, 9.17) is 9.15 Å². The number of ether oxygens (including phenoxy) is 1. The summed E-state index contributed by atoms with van der Waals surface area (Å²) in [6, 6.07) is 3.71. The molecule has 0 aliphatic carbocycles. The van der Waals surface area contributed by atoms with Gasteiger partial charge in [-0.2, -0.15) is 0 Å². The van der Waals surface area contributed by atoms with Gasteiger partial charge in [0, 0.05) is 13.2 Å². The maximum Gasteiger partial charge on any atom is 0.233 e. The van der Waals surface area contributed by atoms with E-state index in [9.17, 15) is 4.79 Å². The van der Waals surface area contributed by atoms with Gasteiger partial charge in [0.25, 0.3) is 0 Å². The van der Waals surface area contributed by atoms with E-state index in [0.29, 0.717) is 26.3 Å². The normalized spacial score (nSPS) is 10.4. The summed E-state index contributed by atoms with van der Waals surface area (Å²) in [5, 5.41) is 5.77. The highest BCUT2D eigenvalue weighted by molar-refractivity contribution is 5.77. The zero-order valence-electron chi connectivity index (χ0n) is 10.2. The first-order valence-corrected chi connectivity index (χ1v) is 5.90. The van der Waals surface area contributed by atoms with Gasteiger partial charge in [-0.25, -0.2) is 0 Å². The Hall–Kier alpha value is -1.33. The fourth-order valence-electron chi connectivity index (χ4n) is 1.27. The third-order valence-corrected chi connectivity index (χ3v) is 2.15. The van der Waals surface area contributed by atoms with Crippen molar-refractivity contribution in [1.29, 1.82) is 0 Å². The van der Waals surface area contributed by atoms with Crippen molar-refractivity contribution in [2.45, 2.75) is 20.0 Å². The van der Waals surface area contributed by atoms with Crippen LogP contribution in [0.5, 0.6) is 0 Å². The van der Waals surface area contributed by atoms with Gasteiger partial charge in [-0.15, -0.1) is 0 Å². The van der Waals surface area contributed by atoms with E-state index in [2.05, 4.69) is 10.6 Å². The molecule has 1 heterocycles. The first-order valence-electron chi connectivity index (χ1n) is 5.90. The van der Waals surface area contributed by atoms with Crippen molar-refractivity contribution in [2.24, 2.45) is 0 Å². The van der Waals surface area contributed by atoms with Crippen molar-refractivity contribution in [3.8, 4) is 0 Å². The summed E-state index contributed by atoms with van der Waals surface area (Å²) in [6.45, 7) is 4.89. The molecule has 5 heteroatoms. The molecule has 0 atom stereocenters. The number of hydrogen-bond acceptors (Lipinski definition) is 4. The highest BCUT2D eigenvalue weighted by atomic mass is 16.5. The van der Waals surface area contributed by atoms with Crippen molar-refractivity contribution >= 4 is 5.91 Å². The molecule has 0 aliphatic heterocycles. The van der Waals surface area contributed by atoms with Gasteiger partial charge in [0.1, 0.15) is 12.4 Å². The van der Waals surface area contributed by atoms with Crippen molar-refractivity contribution in [1.82, 2.24) is 10.6 Å². The monoisotopic (exact) mass is 240 g/mol. The first kappa shape index (κ1) is 13.7. The van der Waals surface area contributed by atoms with E-state index in [-0.39, 0.29) is 5.91 Å². The minimum absolute atomic E-state index is 0.0258. The smallest absolute Gasteiger partial charge is 0.233 e. The van der Waals surface area contributed by atoms with Crippen LogP contribution in [0.15, 0.2) is 22.8 Å². The van der Waals surface area contributed by atoms with Crippen LogP contribution >= 0.6 is 0 Å². The van der Waals surface area contributed by atoms with E-state index in [1.807, 2.05) is 19.1 Å². The predicted molar refractivity (Wildman–Crippen MR) is 64.5 cm³/mol. The highest BCUT2D eigenvalue weighted by Crippen LogP contribution is 2.01. The fourth-order valence-corrected chi connectivity index (χ4v) is 1.27. The minimum Gasteiger partial charge on any atom is -0.467 e. The number of hydrogen-bond donors (Lipinski definition) is 2. The molecule has 1 aromatic heterocycles. The molecule has 0 fully saturated rings. The summed E-state index contributed by atoms with van der Waals surface area (Å²) < 4.78 is 10.5. The highest BCUT2D eigenvalue weighted by Gasteiger charge is 1.99. The molecule has 17 heavy (non-hydrogen) atoms. The lowest BCUT2D eigenvalue weighted by molar-refractivity contribution is -0.120. The Bertz CT molecular complexity index is 299. The summed E-state index contributed by atoms with van der Waals surface area (Å²) >= 11 is 0. The van der Waals surface area contributed by atoms with Crippen LogP contribution in [-0.4, -0.2) is 32.1 Å². The van der Waals surface area contributed by atoms with Crippen LogP contribution < -0.4 is 10.6 Å². The topological polar surface area (TPSA) is 63.5 Å². The van der Waals surface area contributed by atoms with E-state index in [1.165, 1.54) is 0 Å². The molecule has 0 bridgehead atoms. The van der Waals surface area contributed by atoms with Crippen LogP contribution in [0.2, 0.25) is 0 Å². The molecule has 96 valence electrons. The van der Waals surface area contributed by atoms with Crippen molar-refractivity contribution in [2.75, 3.05) is 26.2 Å². The molecule has 0 spiro atoms. The average molecular weight is 240 g/mol. The molecule has 0 radical (unpaired) electrons. The summed E-state index contributed by atoms with van der Waals surface area (Å²) in [5.41, 5.74) is 0. The second-order valence-electron chi connectivity index (χ2n) is 3.62. The molecule has 0 saturated carbocycles. The standard InChI is InChI=1S/C12H20N2O3/c1-2-13-9-12(15)14-6-4-7-16-10-11-5-3-8-17-11/h3,5,8,13H,2,4,6-7,9-10H2,1H3,(H,14,15). The third kappa shape index (κ3) is 6.76. The average Bonchev–Trinajstić information content (AvgIpc) is 2.84. The minimum atomic E-state index is 0.0258. The second kappa shape index (κ2) is 8.78. The van der Waals surface area contributed by atoms with Crippen LogP contribution in [0.25, 0.3) is 0 Å². The number of carbonyl (C=O) groups excluding carboxylic acids is 1. The van der Waals surface area contributed by atoms with Gasteiger partial charge in [0.2, 0.25) is 5.91 Å². The molecule has 0 unspecified atom stereocenters. The maximum absolute atomic E-state index is 11.2. The zero-order valence-corrected chi connectivity index (χ0v) is 10.2. The Morgan fingerprint density at radius 1 is 1.53 bits per heavy atom. The Labute approximate surface area is 102 Å². The molecule has 2 N–H and O–H groups in total. The molecule has 0 aromatic carbocycles. The van der Waals surface area contributed by atoms with Crippen molar-refractivity contribution < 1.29 is 13.9 Å². The number of amides is 1. The second-order valence-corrected chi connectivity index (χ2v) is 3.62. The Balaban J connectivity index is 1.89. The van der Waals surface area contributed by atoms with Crippen molar-refractivity contribution in [3.05, 3.63) is 24.2 Å². The van der Waals surface area contributed by atoms with Crippen LogP contribution in [0.1, 0.15) is 19.1 Å². The van der Waals surface area contributed by atoms with Gasteiger partial charge in [-0.1, -0.05) is 6.92 Å². The van der Waals surface area contributed by atoms with E-state index < -0.39 is 0 Å². The molecule has 1 aromatic rings. The van der Waals surface area contributed by atoms with Gasteiger partial charge in [0.05, 0.1) is 12.8 Å². The van der Waals surface area contributed by atoms with Gasteiger partial charge in [-0.3, -0.25) is 4.79 Å². The molecule has 1 rings (SSSR count). The molecule has 0 saturated heterocycles. The molecule has 5 nitrogen and oxygen atoms in total. The summed E-state index contributed by atoms with van der Waals surface area (Å²) in [5.74, 6) is 0.846. The lowest BCUT2D eigenvalue weighted by atomic mass is 10.4. The van der Waals surface area contributed by atoms with Crippen LogP contribution in [0, 0.1) is 0 Å². The Kier molecular flexibility index (Phi) is 7.09.